The minimum absolute atomic E-state index is 0.000377. The molecular formula is C12H12O3. The second-order valence-corrected chi connectivity index (χ2v) is 3.95. The average Bonchev–Trinajstić information content (AvgIpc) is 2.16. The third kappa shape index (κ3) is 2.24. The largest absolute Gasteiger partial charge is 0.508 e. The molecule has 0 saturated heterocycles. The predicted molar refractivity (Wildman–Crippen MR) is 54.7 cm³/mol. The predicted octanol–water partition coefficient (Wildman–Crippen LogP) is 1.80. The zero-order chi connectivity index (χ0) is 10.8. The smallest absolute Gasteiger partial charge is 0.140 e. The molecule has 3 nitrogen and oxygen atoms in total. The first-order chi connectivity index (χ1) is 7.15. The number of carbonyl (C=O) groups is 2. The van der Waals surface area contributed by atoms with E-state index in [9.17, 15) is 14.7 Å². The van der Waals surface area contributed by atoms with Crippen LogP contribution in [0.3, 0.4) is 0 Å². The van der Waals surface area contributed by atoms with E-state index in [2.05, 4.69) is 0 Å². The molecule has 3 heteroatoms. The van der Waals surface area contributed by atoms with E-state index >= 15 is 0 Å². The van der Waals surface area contributed by atoms with E-state index in [4.69, 9.17) is 0 Å². The molecule has 0 heterocycles. The van der Waals surface area contributed by atoms with Gasteiger partial charge in [0.25, 0.3) is 0 Å². The first kappa shape index (κ1) is 9.90. The van der Waals surface area contributed by atoms with Gasteiger partial charge < -0.3 is 5.11 Å². The van der Waals surface area contributed by atoms with Gasteiger partial charge in [0.05, 0.1) is 6.42 Å². The van der Waals surface area contributed by atoms with Crippen molar-refractivity contribution in [1.29, 1.82) is 0 Å². The number of benzene rings is 1. The summed E-state index contributed by atoms with van der Waals surface area (Å²) in [5.74, 6) is 0.128. The fourth-order valence-electron chi connectivity index (χ4n) is 2.00. The molecule has 0 unspecified atom stereocenters. The Kier molecular flexibility index (Phi) is 2.54. The number of hydrogen-bond acceptors (Lipinski definition) is 3. The molecule has 1 saturated carbocycles. The van der Waals surface area contributed by atoms with Gasteiger partial charge >= 0.3 is 0 Å². The van der Waals surface area contributed by atoms with Crippen molar-refractivity contribution in [2.24, 2.45) is 0 Å². The number of phenols is 1. The summed E-state index contributed by atoms with van der Waals surface area (Å²) >= 11 is 0. The summed E-state index contributed by atoms with van der Waals surface area (Å²) in [6.45, 7) is 0. The minimum atomic E-state index is -0.0501. The van der Waals surface area contributed by atoms with Crippen LogP contribution in [0.1, 0.15) is 30.7 Å². The van der Waals surface area contributed by atoms with E-state index in [1.807, 2.05) is 6.07 Å². The summed E-state index contributed by atoms with van der Waals surface area (Å²) < 4.78 is 0. The average molecular weight is 204 g/mol. The molecule has 2 rings (SSSR count). The van der Waals surface area contributed by atoms with Crippen LogP contribution in [0, 0.1) is 0 Å². The Morgan fingerprint density at radius 1 is 1.13 bits per heavy atom. The molecule has 15 heavy (non-hydrogen) atoms. The summed E-state index contributed by atoms with van der Waals surface area (Å²) in [6.07, 6.45) is 0.902. The second kappa shape index (κ2) is 3.85. The van der Waals surface area contributed by atoms with Gasteiger partial charge in [0.2, 0.25) is 0 Å². The highest BCUT2D eigenvalue weighted by Crippen LogP contribution is 2.30. The molecule has 0 amide bonds. The summed E-state index contributed by atoms with van der Waals surface area (Å²) in [6, 6.07) is 6.77. The molecule has 1 fully saturated rings. The summed E-state index contributed by atoms with van der Waals surface area (Å²) in [4.78, 5) is 22.5. The molecule has 0 radical (unpaired) electrons. The maximum atomic E-state index is 11.3. The van der Waals surface area contributed by atoms with Gasteiger partial charge in [0.1, 0.15) is 17.3 Å². The Morgan fingerprint density at radius 2 is 1.80 bits per heavy atom. The normalized spacial score (nSPS) is 18.1. The summed E-state index contributed by atoms with van der Waals surface area (Å²) in [5.41, 5.74) is 0.872. The van der Waals surface area contributed by atoms with Crippen LogP contribution < -0.4 is 0 Å². The van der Waals surface area contributed by atoms with Crippen LogP contribution in [0.5, 0.6) is 5.75 Å². The van der Waals surface area contributed by atoms with Gasteiger partial charge in [-0.3, -0.25) is 9.59 Å². The lowest BCUT2D eigenvalue weighted by molar-refractivity contribution is -0.130. The SMILES string of the molecule is O=C1CC(=O)CC(c2cccc(O)c2)C1. The molecule has 78 valence electrons. The van der Waals surface area contributed by atoms with Crippen molar-refractivity contribution in [2.75, 3.05) is 0 Å². The molecule has 0 aromatic heterocycles. The molecule has 0 aliphatic heterocycles. The summed E-state index contributed by atoms with van der Waals surface area (Å²) in [7, 11) is 0. The van der Waals surface area contributed by atoms with Crippen molar-refractivity contribution < 1.29 is 14.7 Å². The quantitative estimate of drug-likeness (QED) is 0.709. The van der Waals surface area contributed by atoms with E-state index in [0.29, 0.717) is 12.8 Å². The van der Waals surface area contributed by atoms with Crippen LogP contribution >= 0.6 is 0 Å². The highest BCUT2D eigenvalue weighted by Gasteiger charge is 2.26. The topological polar surface area (TPSA) is 54.4 Å². The van der Waals surface area contributed by atoms with Crippen LogP contribution in [0.4, 0.5) is 0 Å². The Hall–Kier alpha value is -1.64. The zero-order valence-electron chi connectivity index (χ0n) is 8.27. The van der Waals surface area contributed by atoms with E-state index < -0.39 is 0 Å². The van der Waals surface area contributed by atoms with Crippen LogP contribution in [0.25, 0.3) is 0 Å². The van der Waals surface area contributed by atoms with Crippen molar-refractivity contribution in [3.63, 3.8) is 0 Å². The van der Waals surface area contributed by atoms with Crippen molar-refractivity contribution in [1.82, 2.24) is 0 Å². The number of carbonyl (C=O) groups excluding carboxylic acids is 2. The van der Waals surface area contributed by atoms with Crippen LogP contribution in [-0.4, -0.2) is 16.7 Å². The number of phenolic OH excluding ortho intramolecular Hbond substituents is 1. The number of aromatic hydroxyl groups is 1. The van der Waals surface area contributed by atoms with E-state index in [0.717, 1.165) is 5.56 Å². The van der Waals surface area contributed by atoms with Gasteiger partial charge in [-0.05, 0) is 23.6 Å². The fourth-order valence-corrected chi connectivity index (χ4v) is 2.00. The number of ketones is 2. The maximum Gasteiger partial charge on any atom is 0.140 e. The Morgan fingerprint density at radius 3 is 2.40 bits per heavy atom. The first-order valence-corrected chi connectivity index (χ1v) is 4.97. The van der Waals surface area contributed by atoms with Gasteiger partial charge in [-0.15, -0.1) is 0 Å². The molecule has 0 atom stereocenters. The zero-order valence-corrected chi connectivity index (χ0v) is 8.27. The molecule has 1 aromatic carbocycles. The molecule has 1 aliphatic carbocycles. The third-order valence-corrected chi connectivity index (χ3v) is 2.68. The molecule has 0 spiro atoms. The van der Waals surface area contributed by atoms with Crippen molar-refractivity contribution >= 4 is 11.6 Å². The van der Waals surface area contributed by atoms with Gasteiger partial charge in [0.15, 0.2) is 0 Å². The number of hydrogen-bond donors (Lipinski definition) is 1. The monoisotopic (exact) mass is 204 g/mol. The molecule has 0 bridgehead atoms. The van der Waals surface area contributed by atoms with Crippen LogP contribution in [-0.2, 0) is 9.59 Å². The van der Waals surface area contributed by atoms with Gasteiger partial charge in [0, 0.05) is 12.8 Å². The highest BCUT2D eigenvalue weighted by molar-refractivity contribution is 6.02. The lowest BCUT2D eigenvalue weighted by atomic mass is 9.83. The molecule has 1 N–H and O–H groups in total. The first-order valence-electron chi connectivity index (χ1n) is 4.97. The van der Waals surface area contributed by atoms with Crippen molar-refractivity contribution in [3.05, 3.63) is 29.8 Å². The maximum absolute atomic E-state index is 11.3. The van der Waals surface area contributed by atoms with Gasteiger partial charge in [-0.2, -0.15) is 0 Å². The van der Waals surface area contributed by atoms with Gasteiger partial charge in [-0.1, -0.05) is 12.1 Å². The Bertz CT molecular complexity index is 393. The second-order valence-electron chi connectivity index (χ2n) is 3.95. The van der Waals surface area contributed by atoms with E-state index in [1.54, 1.807) is 18.2 Å². The number of Topliss-reactive ketones (excluding diaryl/α,β-unsaturated/α-hetero) is 2. The summed E-state index contributed by atoms with van der Waals surface area (Å²) in [5, 5.41) is 9.31. The minimum Gasteiger partial charge on any atom is -0.508 e. The van der Waals surface area contributed by atoms with Crippen LogP contribution in [0.2, 0.25) is 0 Å². The number of rotatable bonds is 1. The highest BCUT2D eigenvalue weighted by atomic mass is 16.3. The lowest BCUT2D eigenvalue weighted by Gasteiger charge is -2.20. The Labute approximate surface area is 87.7 Å². The lowest BCUT2D eigenvalue weighted by Crippen LogP contribution is -2.21. The molecular weight excluding hydrogens is 192 g/mol. The fraction of sp³-hybridized carbons (Fsp3) is 0.333. The van der Waals surface area contributed by atoms with Crippen LogP contribution in [0.15, 0.2) is 24.3 Å². The third-order valence-electron chi connectivity index (χ3n) is 2.68. The van der Waals surface area contributed by atoms with Crippen molar-refractivity contribution in [2.45, 2.75) is 25.2 Å². The van der Waals surface area contributed by atoms with Crippen molar-refractivity contribution in [3.8, 4) is 5.75 Å². The Balaban J connectivity index is 2.23. The van der Waals surface area contributed by atoms with E-state index in [-0.39, 0.29) is 29.7 Å². The standard InChI is InChI=1S/C12H12O3/c13-10-3-1-2-8(4-10)9-5-11(14)7-12(15)6-9/h1-4,9,13H,5-7H2. The molecule has 1 aromatic rings. The van der Waals surface area contributed by atoms with Gasteiger partial charge in [-0.25, -0.2) is 0 Å². The van der Waals surface area contributed by atoms with E-state index in [1.165, 1.54) is 0 Å². The molecule has 1 aliphatic rings.